The average Bonchev–Trinajstić information content (AvgIpc) is 2.56. The van der Waals surface area contributed by atoms with Gasteiger partial charge in [-0.15, -0.1) is 0 Å². The Morgan fingerprint density at radius 3 is 2.38 bits per heavy atom. The number of rotatable bonds is 4. The lowest BCUT2D eigenvalue weighted by Crippen LogP contribution is -2.35. The van der Waals surface area contributed by atoms with E-state index in [2.05, 4.69) is 5.32 Å². The Balaban J connectivity index is 2.11. The monoisotopic (exact) mass is 404 g/mol. The van der Waals surface area contributed by atoms with Crippen LogP contribution in [0.25, 0.3) is 0 Å². The maximum absolute atomic E-state index is 13.0. The van der Waals surface area contributed by atoms with E-state index < -0.39 is 30.1 Å². The van der Waals surface area contributed by atoms with Gasteiger partial charge in [0.2, 0.25) is 5.91 Å². The van der Waals surface area contributed by atoms with Crippen LogP contribution in [0.15, 0.2) is 42.5 Å². The molecule has 0 unspecified atom stereocenters. The highest BCUT2D eigenvalue weighted by molar-refractivity contribution is 6.43. The molecule has 0 spiro atoms. The molecule has 0 aliphatic rings. The van der Waals surface area contributed by atoms with Gasteiger partial charge in [0.15, 0.2) is 0 Å². The highest BCUT2D eigenvalue weighted by Crippen LogP contribution is 2.34. The Bertz CT molecular complexity index is 841. The van der Waals surface area contributed by atoms with Gasteiger partial charge in [-0.25, -0.2) is 0 Å². The summed E-state index contributed by atoms with van der Waals surface area (Å²) in [6, 6.07) is 9.04. The first-order valence-corrected chi connectivity index (χ1v) is 8.02. The molecule has 0 saturated carbocycles. The largest absolute Gasteiger partial charge is 0.418 e. The molecule has 0 bridgehead atoms. The highest BCUT2D eigenvalue weighted by atomic mass is 35.5. The SMILES string of the molecule is CN(CC(=O)Nc1ccccc1C(F)(F)F)C(=O)c1cccc(Cl)c1Cl. The Labute approximate surface area is 157 Å². The molecular formula is C17H13Cl2F3N2O2. The molecule has 0 atom stereocenters. The van der Waals surface area contributed by atoms with E-state index in [1.54, 1.807) is 0 Å². The predicted molar refractivity (Wildman–Crippen MR) is 93.5 cm³/mol. The Morgan fingerprint density at radius 1 is 1.08 bits per heavy atom. The zero-order valence-electron chi connectivity index (χ0n) is 13.4. The number of halogens is 5. The number of benzene rings is 2. The van der Waals surface area contributed by atoms with Gasteiger partial charge in [0.05, 0.1) is 33.4 Å². The fourth-order valence-corrected chi connectivity index (χ4v) is 2.57. The van der Waals surface area contributed by atoms with Crippen LogP contribution in [-0.4, -0.2) is 30.3 Å². The lowest BCUT2D eigenvalue weighted by molar-refractivity contribution is -0.137. The van der Waals surface area contributed by atoms with Crippen LogP contribution in [0, 0.1) is 0 Å². The number of para-hydroxylation sites is 1. The Kier molecular flexibility index (Phi) is 6.15. The van der Waals surface area contributed by atoms with Crippen LogP contribution in [0.5, 0.6) is 0 Å². The minimum Gasteiger partial charge on any atom is -0.332 e. The molecule has 1 N–H and O–H groups in total. The summed E-state index contributed by atoms with van der Waals surface area (Å²) in [5.41, 5.74) is -1.27. The van der Waals surface area contributed by atoms with E-state index in [9.17, 15) is 22.8 Å². The number of nitrogens with zero attached hydrogens (tertiary/aromatic N) is 1. The van der Waals surface area contributed by atoms with E-state index >= 15 is 0 Å². The smallest absolute Gasteiger partial charge is 0.332 e. The number of hydrogen-bond acceptors (Lipinski definition) is 2. The lowest BCUT2D eigenvalue weighted by Gasteiger charge is -2.19. The van der Waals surface area contributed by atoms with Gasteiger partial charge in [-0.05, 0) is 24.3 Å². The molecule has 26 heavy (non-hydrogen) atoms. The first kappa shape index (κ1) is 20.1. The van der Waals surface area contributed by atoms with E-state index in [4.69, 9.17) is 23.2 Å². The van der Waals surface area contributed by atoms with E-state index in [-0.39, 0.29) is 21.3 Å². The zero-order valence-corrected chi connectivity index (χ0v) is 14.9. The third-order valence-electron chi connectivity index (χ3n) is 3.42. The molecule has 2 aromatic carbocycles. The van der Waals surface area contributed by atoms with Gasteiger partial charge < -0.3 is 10.2 Å². The number of hydrogen-bond donors (Lipinski definition) is 1. The summed E-state index contributed by atoms with van der Waals surface area (Å²) in [7, 11) is 1.33. The van der Waals surface area contributed by atoms with Crippen LogP contribution in [0.2, 0.25) is 10.0 Å². The molecule has 2 rings (SSSR count). The van der Waals surface area contributed by atoms with Gasteiger partial charge in [-0.3, -0.25) is 9.59 Å². The molecule has 138 valence electrons. The van der Waals surface area contributed by atoms with Crippen molar-refractivity contribution in [3.05, 3.63) is 63.6 Å². The summed E-state index contributed by atoms with van der Waals surface area (Å²) >= 11 is 11.8. The van der Waals surface area contributed by atoms with Crippen molar-refractivity contribution in [2.75, 3.05) is 18.9 Å². The number of carbonyl (C=O) groups is 2. The van der Waals surface area contributed by atoms with Crippen LogP contribution < -0.4 is 5.32 Å². The van der Waals surface area contributed by atoms with Crippen LogP contribution in [-0.2, 0) is 11.0 Å². The maximum atomic E-state index is 13.0. The van der Waals surface area contributed by atoms with Crippen molar-refractivity contribution in [1.82, 2.24) is 4.90 Å². The van der Waals surface area contributed by atoms with Crippen molar-refractivity contribution in [2.24, 2.45) is 0 Å². The molecule has 0 aromatic heterocycles. The van der Waals surface area contributed by atoms with Crippen molar-refractivity contribution < 1.29 is 22.8 Å². The third-order valence-corrected chi connectivity index (χ3v) is 4.23. The van der Waals surface area contributed by atoms with Crippen LogP contribution in [0.1, 0.15) is 15.9 Å². The van der Waals surface area contributed by atoms with Gasteiger partial charge in [-0.2, -0.15) is 13.2 Å². The van der Waals surface area contributed by atoms with Gasteiger partial charge in [-0.1, -0.05) is 41.4 Å². The standard InChI is InChI=1S/C17H13Cl2F3N2O2/c1-24(16(26)10-5-4-7-12(18)15(10)19)9-14(25)23-13-8-3-2-6-11(13)17(20,21)22/h2-8H,9H2,1H3,(H,23,25). The van der Waals surface area contributed by atoms with Crippen molar-refractivity contribution >= 4 is 40.7 Å². The summed E-state index contributed by atoms with van der Waals surface area (Å²) in [6.07, 6.45) is -4.61. The number of carbonyl (C=O) groups excluding carboxylic acids is 2. The fraction of sp³-hybridized carbons (Fsp3) is 0.176. The number of nitrogens with one attached hydrogen (secondary N) is 1. The molecule has 4 nitrogen and oxygen atoms in total. The van der Waals surface area contributed by atoms with E-state index in [1.165, 1.54) is 37.4 Å². The van der Waals surface area contributed by atoms with Crippen LogP contribution in [0.4, 0.5) is 18.9 Å². The molecule has 0 aliphatic heterocycles. The molecule has 0 saturated heterocycles. The van der Waals surface area contributed by atoms with Crippen molar-refractivity contribution in [3.63, 3.8) is 0 Å². The summed E-state index contributed by atoms with van der Waals surface area (Å²) in [6.45, 7) is -0.464. The number of alkyl halides is 3. The minimum atomic E-state index is -4.61. The van der Waals surface area contributed by atoms with E-state index in [0.717, 1.165) is 17.0 Å². The van der Waals surface area contributed by atoms with Crippen LogP contribution in [0.3, 0.4) is 0 Å². The second-order valence-electron chi connectivity index (χ2n) is 5.35. The first-order valence-electron chi connectivity index (χ1n) is 7.27. The van der Waals surface area contributed by atoms with Gasteiger partial charge in [0.1, 0.15) is 0 Å². The second kappa shape index (κ2) is 7.97. The summed E-state index contributed by atoms with van der Waals surface area (Å²) in [4.78, 5) is 25.4. The van der Waals surface area contributed by atoms with Gasteiger partial charge >= 0.3 is 6.18 Å². The topological polar surface area (TPSA) is 49.4 Å². The van der Waals surface area contributed by atoms with Gasteiger partial charge in [0.25, 0.3) is 5.91 Å². The highest BCUT2D eigenvalue weighted by Gasteiger charge is 2.33. The molecule has 0 heterocycles. The van der Waals surface area contributed by atoms with E-state index in [1.807, 2.05) is 0 Å². The number of anilines is 1. The Hall–Kier alpha value is -2.25. The maximum Gasteiger partial charge on any atom is 0.418 e. The predicted octanol–water partition coefficient (Wildman–Crippen LogP) is 4.72. The average molecular weight is 405 g/mol. The van der Waals surface area contributed by atoms with Crippen molar-refractivity contribution in [3.8, 4) is 0 Å². The first-order chi connectivity index (χ1) is 12.1. The normalized spacial score (nSPS) is 11.2. The fourth-order valence-electron chi connectivity index (χ4n) is 2.19. The molecule has 0 aliphatic carbocycles. The lowest BCUT2D eigenvalue weighted by atomic mass is 10.1. The minimum absolute atomic E-state index is 0.0360. The Morgan fingerprint density at radius 2 is 1.73 bits per heavy atom. The summed E-state index contributed by atoms with van der Waals surface area (Å²) in [5.74, 6) is -1.37. The molecule has 9 heteroatoms. The van der Waals surface area contributed by atoms with Crippen LogP contribution >= 0.6 is 23.2 Å². The van der Waals surface area contributed by atoms with Crippen molar-refractivity contribution in [2.45, 2.75) is 6.18 Å². The third kappa shape index (κ3) is 4.68. The quantitative estimate of drug-likeness (QED) is 0.800. The molecule has 2 amide bonds. The summed E-state index contributed by atoms with van der Waals surface area (Å²) in [5, 5.41) is 2.38. The molecule has 0 radical (unpaired) electrons. The second-order valence-corrected chi connectivity index (χ2v) is 6.14. The molecule has 2 aromatic rings. The molecule has 0 fully saturated rings. The van der Waals surface area contributed by atoms with E-state index in [0.29, 0.717) is 0 Å². The van der Waals surface area contributed by atoms with Crippen molar-refractivity contribution in [1.29, 1.82) is 0 Å². The number of amides is 2. The summed E-state index contributed by atoms with van der Waals surface area (Å²) < 4.78 is 38.9. The zero-order chi connectivity index (χ0) is 19.5. The molecular weight excluding hydrogens is 392 g/mol. The van der Waals surface area contributed by atoms with Gasteiger partial charge in [0, 0.05) is 7.05 Å². The number of likely N-dealkylation sites (N-methyl/N-ethyl adjacent to an activating group) is 1.